The van der Waals surface area contributed by atoms with E-state index in [2.05, 4.69) is 10.3 Å². The molecule has 2 aromatic carbocycles. The summed E-state index contributed by atoms with van der Waals surface area (Å²) in [6.45, 7) is 0. The lowest BCUT2D eigenvalue weighted by Gasteiger charge is -1.99. The number of hydrogen-bond donors (Lipinski definition) is 1. The van der Waals surface area contributed by atoms with Crippen molar-refractivity contribution in [2.75, 3.05) is 0 Å². The van der Waals surface area contributed by atoms with Gasteiger partial charge < -0.3 is 9.73 Å². The maximum Gasteiger partial charge on any atom is 0.264 e. The largest absolute Gasteiger partial charge is 0.457 e. The van der Waals surface area contributed by atoms with Crippen LogP contribution in [-0.4, -0.2) is 11.1 Å². The standard InChI is InChI=1S/C20H11Cl2FN2O2S/c21-14-4-2-1-3-13(14)17-8-6-12(27-17)10-18-19(26)25-20(28-18)24-11-5-7-16(23)15(22)9-11/h1-10H,(H,24,25,26)/b18-10+. The van der Waals surface area contributed by atoms with E-state index in [1.165, 1.54) is 18.2 Å². The fourth-order valence-electron chi connectivity index (χ4n) is 2.52. The maximum absolute atomic E-state index is 13.2. The molecule has 4 nitrogen and oxygen atoms in total. The van der Waals surface area contributed by atoms with Crippen molar-refractivity contribution in [1.82, 2.24) is 5.32 Å². The average molecular weight is 433 g/mol. The molecule has 0 radical (unpaired) electrons. The van der Waals surface area contributed by atoms with Crippen molar-refractivity contribution in [3.05, 3.63) is 81.1 Å². The van der Waals surface area contributed by atoms with Gasteiger partial charge in [0.15, 0.2) is 5.17 Å². The number of amides is 1. The third kappa shape index (κ3) is 3.99. The van der Waals surface area contributed by atoms with E-state index in [1.54, 1.807) is 24.3 Å². The quantitative estimate of drug-likeness (QED) is 0.495. The fourth-order valence-corrected chi connectivity index (χ4v) is 3.74. The lowest BCUT2D eigenvalue weighted by Crippen LogP contribution is -2.19. The van der Waals surface area contributed by atoms with Crippen molar-refractivity contribution in [3.63, 3.8) is 0 Å². The smallest absolute Gasteiger partial charge is 0.264 e. The van der Waals surface area contributed by atoms with Crippen LogP contribution >= 0.6 is 35.0 Å². The molecule has 28 heavy (non-hydrogen) atoms. The summed E-state index contributed by atoms with van der Waals surface area (Å²) >= 11 is 13.1. The molecule has 1 aromatic heterocycles. The highest BCUT2D eigenvalue weighted by atomic mass is 35.5. The van der Waals surface area contributed by atoms with Gasteiger partial charge in [-0.1, -0.05) is 35.3 Å². The molecule has 0 aliphatic carbocycles. The molecule has 8 heteroatoms. The highest BCUT2D eigenvalue weighted by Gasteiger charge is 2.24. The number of rotatable bonds is 3. The number of benzene rings is 2. The Labute approximate surface area is 174 Å². The topological polar surface area (TPSA) is 54.6 Å². The van der Waals surface area contributed by atoms with Gasteiger partial charge in [0.05, 0.1) is 20.6 Å². The second-order valence-corrected chi connectivity index (χ2v) is 7.61. The maximum atomic E-state index is 13.2. The highest BCUT2D eigenvalue weighted by Crippen LogP contribution is 2.32. The van der Waals surface area contributed by atoms with E-state index in [4.69, 9.17) is 27.6 Å². The van der Waals surface area contributed by atoms with Crippen molar-refractivity contribution in [2.24, 2.45) is 4.99 Å². The Hall–Kier alpha value is -2.54. The zero-order valence-corrected chi connectivity index (χ0v) is 16.4. The minimum Gasteiger partial charge on any atom is -0.457 e. The summed E-state index contributed by atoms with van der Waals surface area (Å²) in [5.74, 6) is 0.295. The van der Waals surface area contributed by atoms with Crippen molar-refractivity contribution in [2.45, 2.75) is 0 Å². The zero-order chi connectivity index (χ0) is 19.7. The minimum absolute atomic E-state index is 0.0328. The van der Waals surface area contributed by atoms with Crippen LogP contribution in [0.15, 0.2) is 68.9 Å². The lowest BCUT2D eigenvalue weighted by molar-refractivity contribution is -0.115. The van der Waals surface area contributed by atoms with Crippen LogP contribution in [0, 0.1) is 5.82 Å². The summed E-state index contributed by atoms with van der Waals surface area (Å²) in [5.41, 5.74) is 1.21. The number of thioether (sulfide) groups is 1. The van der Waals surface area contributed by atoms with E-state index in [-0.39, 0.29) is 10.9 Å². The first-order valence-electron chi connectivity index (χ1n) is 8.09. The van der Waals surface area contributed by atoms with Gasteiger partial charge in [0.25, 0.3) is 5.91 Å². The molecule has 0 bridgehead atoms. The molecule has 1 N–H and O–H groups in total. The highest BCUT2D eigenvalue weighted by molar-refractivity contribution is 8.18. The fraction of sp³-hybridized carbons (Fsp3) is 0. The van der Waals surface area contributed by atoms with Crippen LogP contribution in [0.3, 0.4) is 0 Å². The number of amidine groups is 1. The molecule has 0 unspecified atom stereocenters. The van der Waals surface area contributed by atoms with Crippen molar-refractivity contribution < 1.29 is 13.6 Å². The first-order chi connectivity index (χ1) is 13.5. The zero-order valence-electron chi connectivity index (χ0n) is 14.1. The summed E-state index contributed by atoms with van der Waals surface area (Å²) in [7, 11) is 0. The molecule has 140 valence electrons. The Bertz CT molecular complexity index is 1140. The molecule has 1 fully saturated rings. The van der Waals surface area contributed by atoms with Crippen LogP contribution in [0.5, 0.6) is 0 Å². The SMILES string of the molecule is O=C1NC(=Nc2ccc(F)c(Cl)c2)S/C1=C/c1ccc(-c2ccccc2Cl)o1. The van der Waals surface area contributed by atoms with Crippen LogP contribution in [0.4, 0.5) is 10.1 Å². The van der Waals surface area contributed by atoms with E-state index in [1.807, 2.05) is 18.2 Å². The molecule has 0 atom stereocenters. The van der Waals surface area contributed by atoms with Gasteiger partial charge in [0, 0.05) is 11.6 Å². The Morgan fingerprint density at radius 2 is 1.89 bits per heavy atom. The molecule has 2 heterocycles. The third-order valence-corrected chi connectivity index (χ3v) is 5.35. The Balaban J connectivity index is 1.56. The van der Waals surface area contributed by atoms with Gasteiger partial charge in [0.1, 0.15) is 17.3 Å². The van der Waals surface area contributed by atoms with E-state index in [9.17, 15) is 9.18 Å². The van der Waals surface area contributed by atoms with Crippen LogP contribution in [0.1, 0.15) is 5.76 Å². The molecule has 4 rings (SSSR count). The number of furan rings is 1. The second-order valence-electron chi connectivity index (χ2n) is 5.76. The van der Waals surface area contributed by atoms with Crippen LogP contribution < -0.4 is 5.32 Å². The summed E-state index contributed by atoms with van der Waals surface area (Å²) in [5, 5.41) is 3.58. The van der Waals surface area contributed by atoms with Gasteiger partial charge in [-0.2, -0.15) is 0 Å². The van der Waals surface area contributed by atoms with E-state index >= 15 is 0 Å². The molecule has 1 aliphatic rings. The number of nitrogens with one attached hydrogen (secondary N) is 1. The first-order valence-corrected chi connectivity index (χ1v) is 9.66. The number of nitrogens with zero attached hydrogens (tertiary/aromatic N) is 1. The summed E-state index contributed by atoms with van der Waals surface area (Å²) in [4.78, 5) is 16.9. The molecule has 1 aliphatic heterocycles. The number of carbonyl (C=O) groups excluding carboxylic acids is 1. The van der Waals surface area contributed by atoms with Gasteiger partial charge in [-0.15, -0.1) is 0 Å². The van der Waals surface area contributed by atoms with Crippen LogP contribution in [0.2, 0.25) is 10.0 Å². The van der Waals surface area contributed by atoms with Gasteiger partial charge >= 0.3 is 0 Å². The predicted octanol–water partition coefficient (Wildman–Crippen LogP) is 6.28. The molecule has 3 aromatic rings. The van der Waals surface area contributed by atoms with Gasteiger partial charge in [-0.25, -0.2) is 9.38 Å². The molecular formula is C20H11Cl2FN2O2S. The normalized spacial score (nSPS) is 16.8. The molecule has 0 saturated carbocycles. The van der Waals surface area contributed by atoms with E-state index < -0.39 is 5.82 Å². The van der Waals surface area contributed by atoms with Gasteiger partial charge in [-0.3, -0.25) is 4.79 Å². The van der Waals surface area contributed by atoms with E-state index in [0.717, 1.165) is 17.3 Å². The first kappa shape index (κ1) is 18.8. The third-order valence-electron chi connectivity index (χ3n) is 3.82. The van der Waals surface area contributed by atoms with Crippen molar-refractivity contribution in [3.8, 4) is 11.3 Å². The van der Waals surface area contributed by atoms with E-state index in [0.29, 0.717) is 32.3 Å². The number of halogens is 3. The number of hydrogen-bond acceptors (Lipinski definition) is 4. The monoisotopic (exact) mass is 432 g/mol. The average Bonchev–Trinajstić information content (AvgIpc) is 3.26. The molecule has 1 saturated heterocycles. The molecule has 1 amide bonds. The van der Waals surface area contributed by atoms with Crippen LogP contribution in [0.25, 0.3) is 17.4 Å². The molecule has 0 spiro atoms. The number of carbonyl (C=O) groups is 1. The van der Waals surface area contributed by atoms with Crippen molar-refractivity contribution in [1.29, 1.82) is 0 Å². The Morgan fingerprint density at radius 1 is 1.07 bits per heavy atom. The Kier molecular flexibility index (Phi) is 5.26. The summed E-state index contributed by atoms with van der Waals surface area (Å²) in [6.07, 6.45) is 1.63. The second kappa shape index (κ2) is 7.83. The van der Waals surface area contributed by atoms with Gasteiger partial charge in [0.2, 0.25) is 0 Å². The predicted molar refractivity (Wildman–Crippen MR) is 111 cm³/mol. The molecular weight excluding hydrogens is 422 g/mol. The number of aliphatic imine (C=N–C) groups is 1. The Morgan fingerprint density at radius 3 is 2.68 bits per heavy atom. The minimum atomic E-state index is -0.526. The van der Waals surface area contributed by atoms with Crippen LogP contribution in [-0.2, 0) is 4.79 Å². The summed E-state index contributed by atoms with van der Waals surface area (Å²) in [6, 6.07) is 15.0. The summed E-state index contributed by atoms with van der Waals surface area (Å²) < 4.78 is 19.0. The van der Waals surface area contributed by atoms with Gasteiger partial charge in [-0.05, 0) is 54.2 Å². The van der Waals surface area contributed by atoms with Crippen molar-refractivity contribution >= 4 is 57.8 Å². The lowest BCUT2D eigenvalue weighted by atomic mass is 10.2.